The number of aliphatic hydroxyl groups excluding tert-OH is 1. The van der Waals surface area contributed by atoms with Crippen molar-refractivity contribution < 1.29 is 5.11 Å². The molecule has 0 unspecified atom stereocenters. The molecule has 0 saturated heterocycles. The molecule has 0 spiro atoms. The predicted molar refractivity (Wildman–Crippen MR) is 42.2 cm³/mol. The van der Waals surface area contributed by atoms with Crippen LogP contribution in [0, 0.1) is 0 Å². The number of aliphatic hydroxyl groups is 1. The fourth-order valence-electron chi connectivity index (χ4n) is 0.878. The van der Waals surface area contributed by atoms with E-state index in [0.29, 0.717) is 18.1 Å². The van der Waals surface area contributed by atoms with Crippen molar-refractivity contribution in [3.63, 3.8) is 0 Å². The Bertz CT molecular complexity index is 236. The minimum Gasteiger partial charge on any atom is -0.394 e. The monoisotopic (exact) mass is 175 g/mol. The van der Waals surface area contributed by atoms with Crippen molar-refractivity contribution in [3.8, 4) is 0 Å². The molecule has 1 heterocycles. The standard InChI is InChI=1S/C6H10ClN3O/c7-5-4-9-10(1-2-11)6(5)3-8/h4,11H,1-3,8H2. The summed E-state index contributed by atoms with van der Waals surface area (Å²) in [5.74, 6) is 0. The number of hydrogen-bond donors (Lipinski definition) is 2. The Hall–Kier alpha value is -0.580. The van der Waals surface area contributed by atoms with Gasteiger partial charge in [-0.1, -0.05) is 11.6 Å². The van der Waals surface area contributed by atoms with E-state index in [1.807, 2.05) is 0 Å². The molecule has 0 aliphatic heterocycles. The molecule has 5 heteroatoms. The van der Waals surface area contributed by atoms with Gasteiger partial charge < -0.3 is 10.8 Å². The van der Waals surface area contributed by atoms with Gasteiger partial charge in [0.15, 0.2) is 0 Å². The molecule has 62 valence electrons. The van der Waals surface area contributed by atoms with E-state index in [-0.39, 0.29) is 6.61 Å². The van der Waals surface area contributed by atoms with Crippen LogP contribution in [0.25, 0.3) is 0 Å². The number of nitrogens with zero attached hydrogens (tertiary/aromatic N) is 2. The zero-order valence-corrected chi connectivity index (χ0v) is 6.75. The Balaban J connectivity index is 2.86. The van der Waals surface area contributed by atoms with Crippen molar-refractivity contribution >= 4 is 11.6 Å². The van der Waals surface area contributed by atoms with Crippen LogP contribution in [0.3, 0.4) is 0 Å². The smallest absolute Gasteiger partial charge is 0.0831 e. The molecule has 0 aromatic carbocycles. The average Bonchev–Trinajstić information content (AvgIpc) is 2.33. The van der Waals surface area contributed by atoms with Gasteiger partial charge in [-0.3, -0.25) is 4.68 Å². The molecule has 1 rings (SSSR count). The summed E-state index contributed by atoms with van der Waals surface area (Å²) in [7, 11) is 0. The lowest BCUT2D eigenvalue weighted by atomic mass is 10.4. The van der Waals surface area contributed by atoms with E-state index in [1.54, 1.807) is 4.68 Å². The molecule has 1 aromatic heterocycles. The van der Waals surface area contributed by atoms with Gasteiger partial charge in [0.25, 0.3) is 0 Å². The number of rotatable bonds is 3. The third kappa shape index (κ3) is 1.71. The first-order valence-electron chi connectivity index (χ1n) is 3.30. The maximum absolute atomic E-state index is 8.60. The van der Waals surface area contributed by atoms with Crippen LogP contribution < -0.4 is 5.73 Å². The molecule has 0 aliphatic carbocycles. The fourth-order valence-corrected chi connectivity index (χ4v) is 1.10. The van der Waals surface area contributed by atoms with Gasteiger partial charge in [-0.25, -0.2) is 0 Å². The minimum absolute atomic E-state index is 0.0466. The summed E-state index contributed by atoms with van der Waals surface area (Å²) < 4.78 is 1.60. The highest BCUT2D eigenvalue weighted by molar-refractivity contribution is 6.31. The summed E-state index contributed by atoms with van der Waals surface area (Å²) in [6, 6.07) is 0. The van der Waals surface area contributed by atoms with Crippen molar-refractivity contribution in [2.75, 3.05) is 6.61 Å². The first-order chi connectivity index (χ1) is 5.29. The van der Waals surface area contributed by atoms with Crippen LogP contribution in [-0.4, -0.2) is 21.5 Å². The SMILES string of the molecule is NCc1c(Cl)cnn1CCO. The highest BCUT2D eigenvalue weighted by Gasteiger charge is 2.05. The van der Waals surface area contributed by atoms with Gasteiger partial charge in [0, 0.05) is 6.54 Å². The van der Waals surface area contributed by atoms with Gasteiger partial charge in [0.1, 0.15) is 0 Å². The summed E-state index contributed by atoms with van der Waals surface area (Å²) >= 11 is 5.74. The van der Waals surface area contributed by atoms with E-state index in [2.05, 4.69) is 5.10 Å². The Morgan fingerprint density at radius 1 is 1.73 bits per heavy atom. The van der Waals surface area contributed by atoms with Crippen LogP contribution in [0.1, 0.15) is 5.69 Å². The lowest BCUT2D eigenvalue weighted by Crippen LogP contribution is -2.11. The normalized spacial score (nSPS) is 10.5. The maximum atomic E-state index is 8.60. The van der Waals surface area contributed by atoms with Crippen molar-refractivity contribution in [1.29, 1.82) is 0 Å². The molecule has 4 nitrogen and oxygen atoms in total. The van der Waals surface area contributed by atoms with E-state index in [9.17, 15) is 0 Å². The molecule has 0 atom stereocenters. The Morgan fingerprint density at radius 3 is 3.00 bits per heavy atom. The summed E-state index contributed by atoms with van der Waals surface area (Å²) in [6.07, 6.45) is 1.53. The average molecular weight is 176 g/mol. The van der Waals surface area contributed by atoms with Crippen molar-refractivity contribution in [2.24, 2.45) is 5.73 Å². The van der Waals surface area contributed by atoms with Crippen LogP contribution in [0.2, 0.25) is 5.02 Å². The zero-order chi connectivity index (χ0) is 8.27. The van der Waals surface area contributed by atoms with Crippen LogP contribution in [-0.2, 0) is 13.1 Å². The second-order valence-electron chi connectivity index (χ2n) is 2.09. The van der Waals surface area contributed by atoms with Crippen LogP contribution in [0.5, 0.6) is 0 Å². The maximum Gasteiger partial charge on any atom is 0.0831 e. The van der Waals surface area contributed by atoms with Gasteiger partial charge in [0.05, 0.1) is 30.1 Å². The minimum atomic E-state index is 0.0466. The van der Waals surface area contributed by atoms with Gasteiger partial charge in [0.2, 0.25) is 0 Å². The van der Waals surface area contributed by atoms with E-state index in [1.165, 1.54) is 6.20 Å². The molecular weight excluding hydrogens is 166 g/mol. The molecule has 0 saturated carbocycles. The molecular formula is C6H10ClN3O. The largest absolute Gasteiger partial charge is 0.394 e. The lowest BCUT2D eigenvalue weighted by molar-refractivity contribution is 0.267. The second kappa shape index (κ2) is 3.71. The van der Waals surface area contributed by atoms with Crippen molar-refractivity contribution in [2.45, 2.75) is 13.1 Å². The lowest BCUT2D eigenvalue weighted by Gasteiger charge is -2.02. The highest BCUT2D eigenvalue weighted by atomic mass is 35.5. The van der Waals surface area contributed by atoms with Crippen molar-refractivity contribution in [1.82, 2.24) is 9.78 Å². The van der Waals surface area contributed by atoms with E-state index in [0.717, 1.165) is 5.69 Å². The Labute approximate surface area is 69.6 Å². The molecule has 1 aromatic rings. The summed E-state index contributed by atoms with van der Waals surface area (Å²) in [4.78, 5) is 0. The van der Waals surface area contributed by atoms with Crippen LogP contribution in [0.15, 0.2) is 6.20 Å². The van der Waals surface area contributed by atoms with Gasteiger partial charge in [-0.2, -0.15) is 5.10 Å². The molecule has 11 heavy (non-hydrogen) atoms. The molecule has 0 bridgehead atoms. The third-order valence-electron chi connectivity index (χ3n) is 1.40. The third-order valence-corrected chi connectivity index (χ3v) is 1.72. The van der Waals surface area contributed by atoms with Gasteiger partial charge in [-0.05, 0) is 0 Å². The number of hydrogen-bond acceptors (Lipinski definition) is 3. The van der Waals surface area contributed by atoms with Crippen LogP contribution >= 0.6 is 11.6 Å². The topological polar surface area (TPSA) is 64.1 Å². The number of nitrogens with two attached hydrogens (primary N) is 1. The van der Waals surface area contributed by atoms with Crippen molar-refractivity contribution in [3.05, 3.63) is 16.9 Å². The molecule has 0 fully saturated rings. The predicted octanol–water partition coefficient (Wildman–Crippen LogP) is -0.0125. The molecule has 3 N–H and O–H groups in total. The first-order valence-corrected chi connectivity index (χ1v) is 3.68. The molecule has 0 radical (unpaired) electrons. The van der Waals surface area contributed by atoms with E-state index < -0.39 is 0 Å². The molecule has 0 amide bonds. The highest BCUT2D eigenvalue weighted by Crippen LogP contribution is 2.13. The Kier molecular flexibility index (Phi) is 2.87. The zero-order valence-electron chi connectivity index (χ0n) is 6.00. The summed E-state index contributed by atoms with van der Waals surface area (Å²) in [5, 5.41) is 13.1. The summed E-state index contributed by atoms with van der Waals surface area (Å²) in [5.41, 5.74) is 6.16. The number of halogens is 1. The first kappa shape index (κ1) is 8.52. The van der Waals surface area contributed by atoms with Gasteiger partial charge in [-0.15, -0.1) is 0 Å². The molecule has 0 aliphatic rings. The Morgan fingerprint density at radius 2 is 2.45 bits per heavy atom. The van der Waals surface area contributed by atoms with Gasteiger partial charge >= 0.3 is 0 Å². The van der Waals surface area contributed by atoms with E-state index >= 15 is 0 Å². The second-order valence-corrected chi connectivity index (χ2v) is 2.50. The number of aromatic nitrogens is 2. The quantitative estimate of drug-likeness (QED) is 0.679. The van der Waals surface area contributed by atoms with E-state index in [4.69, 9.17) is 22.4 Å². The summed E-state index contributed by atoms with van der Waals surface area (Å²) in [6.45, 7) is 0.836. The fraction of sp³-hybridized carbons (Fsp3) is 0.500. The van der Waals surface area contributed by atoms with Crippen LogP contribution in [0.4, 0.5) is 0 Å².